The third-order valence-electron chi connectivity index (χ3n) is 2.90. The van der Waals surface area contributed by atoms with Crippen LogP contribution in [0.15, 0.2) is 24.3 Å². The van der Waals surface area contributed by atoms with E-state index in [2.05, 4.69) is 0 Å². The zero-order valence-electron chi connectivity index (χ0n) is 7.77. The molecule has 1 aromatic carbocycles. The van der Waals surface area contributed by atoms with E-state index in [1.165, 1.54) is 12.1 Å². The third-order valence-corrected chi connectivity index (χ3v) is 2.90. The fourth-order valence-corrected chi connectivity index (χ4v) is 1.76. The van der Waals surface area contributed by atoms with Gasteiger partial charge in [0.2, 0.25) is 0 Å². The number of hydrogen-bond donors (Lipinski definition) is 1. The lowest BCUT2D eigenvalue weighted by Crippen LogP contribution is -2.43. The van der Waals surface area contributed by atoms with Crippen LogP contribution in [0.25, 0.3) is 0 Å². The highest BCUT2D eigenvalue weighted by Gasteiger charge is 2.34. The van der Waals surface area contributed by atoms with Gasteiger partial charge in [0.15, 0.2) is 0 Å². The van der Waals surface area contributed by atoms with Gasteiger partial charge in [-0.2, -0.15) is 0 Å². The normalized spacial score (nSPS) is 18.6. The lowest BCUT2D eigenvalue weighted by atomic mass is 9.73. The summed E-state index contributed by atoms with van der Waals surface area (Å²) in [5, 5.41) is 10.4. The first kappa shape index (κ1) is 9.15. The molecule has 0 atom stereocenters. The molecule has 0 spiro atoms. The predicted molar refractivity (Wildman–Crippen MR) is 52.8 cm³/mol. The maximum Gasteiger partial charge on any atom is 0.269 e. The molecule has 0 amide bonds. The summed E-state index contributed by atoms with van der Waals surface area (Å²) in [6.07, 6.45) is 3.10. The molecular weight excluding hydrogens is 180 g/mol. The molecule has 1 saturated carbocycles. The highest BCUT2D eigenvalue weighted by molar-refractivity contribution is 5.36. The van der Waals surface area contributed by atoms with Crippen LogP contribution in [0.1, 0.15) is 24.8 Å². The van der Waals surface area contributed by atoms with Crippen molar-refractivity contribution in [3.05, 3.63) is 39.9 Å². The van der Waals surface area contributed by atoms with E-state index in [-0.39, 0.29) is 11.2 Å². The van der Waals surface area contributed by atoms with Crippen LogP contribution < -0.4 is 5.73 Å². The standard InChI is InChI=1S/C10H12N2O2/c11-10(6-1-7-10)8-2-4-9(5-3-8)12(13)14/h2-5H,1,6-7,11H2. The number of nitrogens with zero attached hydrogens (tertiary/aromatic N) is 1. The summed E-state index contributed by atoms with van der Waals surface area (Å²) in [6.45, 7) is 0. The second-order valence-corrected chi connectivity index (χ2v) is 3.81. The Morgan fingerprint density at radius 2 is 1.86 bits per heavy atom. The van der Waals surface area contributed by atoms with E-state index in [9.17, 15) is 10.1 Å². The summed E-state index contributed by atoms with van der Waals surface area (Å²) in [7, 11) is 0. The Morgan fingerprint density at radius 1 is 1.29 bits per heavy atom. The quantitative estimate of drug-likeness (QED) is 0.575. The molecule has 0 radical (unpaired) electrons. The average Bonchev–Trinajstić information content (AvgIpc) is 2.14. The van der Waals surface area contributed by atoms with Gasteiger partial charge in [0.05, 0.1) is 4.92 Å². The van der Waals surface area contributed by atoms with Gasteiger partial charge in [-0.15, -0.1) is 0 Å². The summed E-state index contributed by atoms with van der Waals surface area (Å²) in [6, 6.07) is 6.55. The molecule has 2 rings (SSSR count). The number of nitro benzene ring substituents is 1. The summed E-state index contributed by atoms with van der Waals surface area (Å²) in [5.41, 5.74) is 6.98. The van der Waals surface area contributed by atoms with Gasteiger partial charge in [0, 0.05) is 17.7 Å². The van der Waals surface area contributed by atoms with E-state index in [4.69, 9.17) is 5.73 Å². The Labute approximate surface area is 81.9 Å². The van der Waals surface area contributed by atoms with Crippen LogP contribution in [0.2, 0.25) is 0 Å². The maximum atomic E-state index is 10.4. The molecule has 1 aliphatic rings. The van der Waals surface area contributed by atoms with Crippen LogP contribution in [0.4, 0.5) is 5.69 Å². The van der Waals surface area contributed by atoms with Crippen molar-refractivity contribution in [1.82, 2.24) is 0 Å². The highest BCUT2D eigenvalue weighted by Crippen LogP contribution is 2.38. The predicted octanol–water partition coefficient (Wildman–Crippen LogP) is 1.93. The molecule has 0 unspecified atom stereocenters. The lowest BCUT2D eigenvalue weighted by Gasteiger charge is -2.38. The number of non-ortho nitro benzene ring substituents is 1. The summed E-state index contributed by atoms with van der Waals surface area (Å²) < 4.78 is 0. The van der Waals surface area contributed by atoms with E-state index in [1.807, 2.05) is 0 Å². The molecule has 1 fully saturated rings. The number of nitro groups is 1. The number of nitrogens with two attached hydrogens (primary N) is 1. The van der Waals surface area contributed by atoms with Crippen LogP contribution in [0.3, 0.4) is 0 Å². The van der Waals surface area contributed by atoms with E-state index in [0.717, 1.165) is 24.8 Å². The van der Waals surface area contributed by atoms with Gasteiger partial charge < -0.3 is 5.73 Å². The topological polar surface area (TPSA) is 69.2 Å². The van der Waals surface area contributed by atoms with Gasteiger partial charge >= 0.3 is 0 Å². The minimum atomic E-state index is -0.395. The Bertz CT molecular complexity index is 355. The minimum Gasteiger partial charge on any atom is -0.321 e. The van der Waals surface area contributed by atoms with Crippen LogP contribution in [-0.2, 0) is 5.54 Å². The van der Waals surface area contributed by atoms with Gasteiger partial charge in [0.25, 0.3) is 5.69 Å². The largest absolute Gasteiger partial charge is 0.321 e. The Kier molecular flexibility index (Phi) is 2.00. The molecule has 14 heavy (non-hydrogen) atoms. The van der Waals surface area contributed by atoms with Crippen molar-refractivity contribution in [1.29, 1.82) is 0 Å². The first-order valence-electron chi connectivity index (χ1n) is 4.66. The van der Waals surface area contributed by atoms with Crippen LogP contribution in [-0.4, -0.2) is 4.92 Å². The molecule has 4 nitrogen and oxygen atoms in total. The SMILES string of the molecule is NC1(c2ccc([N+](=O)[O-])cc2)CCC1. The summed E-state index contributed by atoms with van der Waals surface area (Å²) in [5.74, 6) is 0. The monoisotopic (exact) mass is 192 g/mol. The molecule has 1 aliphatic carbocycles. The zero-order chi connectivity index (χ0) is 10.2. The average molecular weight is 192 g/mol. The smallest absolute Gasteiger partial charge is 0.269 e. The second kappa shape index (κ2) is 3.06. The van der Waals surface area contributed by atoms with Crippen LogP contribution in [0.5, 0.6) is 0 Å². The summed E-state index contributed by atoms with van der Waals surface area (Å²) >= 11 is 0. The van der Waals surface area contributed by atoms with Crippen molar-refractivity contribution >= 4 is 5.69 Å². The van der Waals surface area contributed by atoms with Crippen molar-refractivity contribution in [3.8, 4) is 0 Å². The number of rotatable bonds is 2. The van der Waals surface area contributed by atoms with Crippen molar-refractivity contribution in [2.24, 2.45) is 5.73 Å². The molecule has 74 valence electrons. The van der Waals surface area contributed by atoms with E-state index in [1.54, 1.807) is 12.1 Å². The van der Waals surface area contributed by atoms with Crippen LogP contribution >= 0.6 is 0 Å². The third kappa shape index (κ3) is 1.37. The van der Waals surface area contributed by atoms with Crippen molar-refractivity contribution in [3.63, 3.8) is 0 Å². The number of hydrogen-bond acceptors (Lipinski definition) is 3. The Morgan fingerprint density at radius 3 is 2.21 bits per heavy atom. The maximum absolute atomic E-state index is 10.4. The van der Waals surface area contributed by atoms with Crippen molar-refractivity contribution in [2.45, 2.75) is 24.8 Å². The Hall–Kier alpha value is -1.42. The first-order chi connectivity index (χ1) is 6.62. The minimum absolute atomic E-state index is 0.122. The highest BCUT2D eigenvalue weighted by atomic mass is 16.6. The fraction of sp³-hybridized carbons (Fsp3) is 0.400. The molecule has 0 bridgehead atoms. The van der Waals surface area contributed by atoms with Gasteiger partial charge in [0.1, 0.15) is 0 Å². The molecule has 0 heterocycles. The first-order valence-corrected chi connectivity index (χ1v) is 4.66. The zero-order valence-corrected chi connectivity index (χ0v) is 7.77. The van der Waals surface area contributed by atoms with Gasteiger partial charge in [-0.05, 0) is 24.8 Å². The fourth-order valence-electron chi connectivity index (χ4n) is 1.76. The van der Waals surface area contributed by atoms with Crippen LogP contribution in [0, 0.1) is 10.1 Å². The van der Waals surface area contributed by atoms with E-state index >= 15 is 0 Å². The molecule has 4 heteroatoms. The lowest BCUT2D eigenvalue weighted by molar-refractivity contribution is -0.384. The Balaban J connectivity index is 2.25. The molecule has 0 saturated heterocycles. The molecule has 2 N–H and O–H groups in total. The summed E-state index contributed by atoms with van der Waals surface area (Å²) in [4.78, 5) is 10.0. The molecule has 0 aromatic heterocycles. The van der Waals surface area contributed by atoms with E-state index < -0.39 is 4.92 Å². The molecule has 0 aliphatic heterocycles. The van der Waals surface area contributed by atoms with Gasteiger partial charge in [-0.25, -0.2) is 0 Å². The van der Waals surface area contributed by atoms with Gasteiger partial charge in [-0.1, -0.05) is 12.1 Å². The second-order valence-electron chi connectivity index (χ2n) is 3.81. The number of benzene rings is 1. The molecular formula is C10H12N2O2. The molecule has 1 aromatic rings. The van der Waals surface area contributed by atoms with Crippen molar-refractivity contribution in [2.75, 3.05) is 0 Å². The van der Waals surface area contributed by atoms with Crippen molar-refractivity contribution < 1.29 is 4.92 Å². The van der Waals surface area contributed by atoms with Gasteiger partial charge in [-0.3, -0.25) is 10.1 Å². The van der Waals surface area contributed by atoms with E-state index in [0.29, 0.717) is 0 Å².